The monoisotopic (exact) mass is 425 g/mol. The number of nitrogens with two attached hydrogens (primary N) is 1. The van der Waals surface area contributed by atoms with E-state index in [1.165, 1.54) is 29.2 Å². The van der Waals surface area contributed by atoms with Crippen LogP contribution in [0.5, 0.6) is 0 Å². The molecule has 2 aromatic heterocycles. The third-order valence-corrected chi connectivity index (χ3v) is 6.44. The van der Waals surface area contributed by atoms with Gasteiger partial charge in [0.15, 0.2) is 10.2 Å². The Morgan fingerprint density at radius 1 is 1.37 bits per heavy atom. The van der Waals surface area contributed by atoms with Crippen LogP contribution in [0.3, 0.4) is 0 Å². The third-order valence-electron chi connectivity index (χ3n) is 4.31. The number of benzene rings is 1. The van der Waals surface area contributed by atoms with Crippen molar-refractivity contribution >= 4 is 41.2 Å². The quantitative estimate of drug-likeness (QED) is 0.473. The predicted molar refractivity (Wildman–Crippen MR) is 104 cm³/mol. The predicted octanol–water partition coefficient (Wildman–Crippen LogP) is 4.32. The number of hydrogen-bond acceptors (Lipinski definition) is 9. The molecule has 0 bridgehead atoms. The van der Waals surface area contributed by atoms with E-state index in [1.807, 2.05) is 12.3 Å². The topological polar surface area (TPSA) is 121 Å². The van der Waals surface area contributed by atoms with Gasteiger partial charge in [-0.3, -0.25) is 10.1 Å². The number of nitrogens with zero attached hydrogens (tertiary/aromatic N) is 4. The number of hydrogen-bond donors (Lipinski definition) is 1. The average Bonchev–Trinajstić information content (AvgIpc) is 3.22. The van der Waals surface area contributed by atoms with Gasteiger partial charge in [0.2, 0.25) is 0 Å². The summed E-state index contributed by atoms with van der Waals surface area (Å²) in [6.45, 7) is 1.89. The van der Waals surface area contributed by atoms with E-state index in [1.54, 1.807) is 12.1 Å². The molecule has 0 saturated heterocycles. The molecule has 0 unspecified atom stereocenters. The number of thiazole rings is 1. The first-order valence-electron chi connectivity index (χ1n) is 7.96. The lowest BCUT2D eigenvalue weighted by atomic mass is 9.77. The van der Waals surface area contributed by atoms with Crippen LogP contribution in [-0.4, -0.2) is 20.0 Å². The van der Waals surface area contributed by atoms with E-state index >= 15 is 0 Å². The second kappa shape index (κ2) is 7.55. The van der Waals surface area contributed by atoms with Crippen molar-refractivity contribution in [2.75, 3.05) is 0 Å². The molecule has 1 aliphatic carbocycles. The highest BCUT2D eigenvalue weighted by Crippen LogP contribution is 2.40. The van der Waals surface area contributed by atoms with Crippen molar-refractivity contribution in [3.05, 3.63) is 45.2 Å². The molecule has 8 nitrogen and oxygen atoms in total. The van der Waals surface area contributed by atoms with Gasteiger partial charge < -0.3 is 10.3 Å². The highest BCUT2D eigenvalue weighted by molar-refractivity contribution is 8.01. The minimum absolute atomic E-state index is 0. The molecule has 142 valence electrons. The molecule has 2 N–H and O–H groups in total. The summed E-state index contributed by atoms with van der Waals surface area (Å²) in [5.41, 5.74) is 7.03. The average molecular weight is 426 g/mol. The molecular weight excluding hydrogens is 410 g/mol. The first-order valence-corrected chi connectivity index (χ1v) is 9.66. The Hall–Kier alpha value is -2.01. The van der Waals surface area contributed by atoms with Gasteiger partial charge in [-0.15, -0.1) is 23.7 Å². The molecule has 1 fully saturated rings. The molecular formula is C16H16ClN5O3S2. The minimum atomic E-state index is -0.536. The van der Waals surface area contributed by atoms with Gasteiger partial charge in [0.05, 0.1) is 15.4 Å². The molecule has 3 aromatic rings. The molecule has 11 heteroatoms. The minimum Gasteiger partial charge on any atom is -0.334 e. The molecule has 0 aliphatic heterocycles. The number of rotatable bonds is 5. The van der Waals surface area contributed by atoms with E-state index in [0.717, 1.165) is 29.3 Å². The van der Waals surface area contributed by atoms with Crippen LogP contribution in [0.1, 0.15) is 30.8 Å². The number of aryl methyl sites for hydroxylation is 1. The fourth-order valence-corrected chi connectivity index (χ4v) is 4.56. The van der Waals surface area contributed by atoms with Crippen LogP contribution in [0.25, 0.3) is 11.5 Å². The number of aromatic nitrogens is 3. The Morgan fingerprint density at radius 2 is 2.15 bits per heavy atom. The SMILES string of the molecule is Cc1csc(Sc2ccc(-c3nc(C4(N)CCC4)no3)cc2[N+](=O)[O-])n1.Cl. The molecule has 1 aliphatic rings. The molecule has 27 heavy (non-hydrogen) atoms. The van der Waals surface area contributed by atoms with Gasteiger partial charge in [0.1, 0.15) is 0 Å². The Labute approximate surface area is 169 Å². The van der Waals surface area contributed by atoms with Crippen molar-refractivity contribution in [2.24, 2.45) is 5.73 Å². The summed E-state index contributed by atoms with van der Waals surface area (Å²) in [5.74, 6) is 0.694. The van der Waals surface area contributed by atoms with Crippen molar-refractivity contribution in [1.29, 1.82) is 0 Å². The van der Waals surface area contributed by atoms with Crippen molar-refractivity contribution in [1.82, 2.24) is 15.1 Å². The van der Waals surface area contributed by atoms with Crippen LogP contribution in [0.4, 0.5) is 5.69 Å². The Morgan fingerprint density at radius 3 is 2.74 bits per heavy atom. The van der Waals surface area contributed by atoms with Crippen molar-refractivity contribution in [3.8, 4) is 11.5 Å². The lowest BCUT2D eigenvalue weighted by Crippen LogP contribution is -2.44. The van der Waals surface area contributed by atoms with E-state index in [-0.39, 0.29) is 24.0 Å². The van der Waals surface area contributed by atoms with Crippen LogP contribution in [-0.2, 0) is 5.54 Å². The molecule has 1 aromatic carbocycles. The number of nitro benzene ring substituents is 1. The van der Waals surface area contributed by atoms with Gasteiger partial charge in [-0.25, -0.2) is 4.98 Å². The zero-order valence-electron chi connectivity index (χ0n) is 14.2. The van der Waals surface area contributed by atoms with Crippen LogP contribution in [0.15, 0.2) is 37.3 Å². The highest BCUT2D eigenvalue weighted by atomic mass is 35.5. The Bertz CT molecular complexity index is 986. The second-order valence-electron chi connectivity index (χ2n) is 6.23. The van der Waals surface area contributed by atoms with E-state index in [4.69, 9.17) is 10.3 Å². The summed E-state index contributed by atoms with van der Waals surface area (Å²) in [7, 11) is 0. The van der Waals surface area contributed by atoms with Gasteiger partial charge in [-0.1, -0.05) is 16.9 Å². The van der Waals surface area contributed by atoms with Crippen molar-refractivity contribution in [3.63, 3.8) is 0 Å². The van der Waals surface area contributed by atoms with Gasteiger partial charge in [-0.05, 0) is 38.3 Å². The molecule has 0 spiro atoms. The fraction of sp³-hybridized carbons (Fsp3) is 0.312. The maximum atomic E-state index is 11.5. The van der Waals surface area contributed by atoms with Gasteiger partial charge in [-0.2, -0.15) is 4.98 Å². The summed E-state index contributed by atoms with van der Waals surface area (Å²) < 4.78 is 6.05. The second-order valence-corrected chi connectivity index (χ2v) is 8.38. The fourth-order valence-electron chi connectivity index (χ4n) is 2.68. The van der Waals surface area contributed by atoms with E-state index < -0.39 is 10.5 Å². The highest BCUT2D eigenvalue weighted by Gasteiger charge is 2.39. The van der Waals surface area contributed by atoms with Crippen LogP contribution in [0.2, 0.25) is 0 Å². The third kappa shape index (κ3) is 3.84. The van der Waals surface area contributed by atoms with Crippen LogP contribution in [0, 0.1) is 17.0 Å². The van der Waals surface area contributed by atoms with Crippen molar-refractivity contribution in [2.45, 2.75) is 41.0 Å². The Kier molecular flexibility index (Phi) is 5.52. The van der Waals surface area contributed by atoms with Gasteiger partial charge in [0, 0.05) is 22.7 Å². The molecule has 0 radical (unpaired) electrons. The molecule has 0 atom stereocenters. The zero-order valence-corrected chi connectivity index (χ0v) is 16.7. The summed E-state index contributed by atoms with van der Waals surface area (Å²) in [5, 5.41) is 17.4. The smallest absolute Gasteiger partial charge is 0.284 e. The van der Waals surface area contributed by atoms with Gasteiger partial charge >= 0.3 is 0 Å². The van der Waals surface area contributed by atoms with Crippen LogP contribution >= 0.6 is 35.5 Å². The first kappa shape index (κ1) is 19.7. The van der Waals surface area contributed by atoms with E-state index in [9.17, 15) is 10.1 Å². The number of halogens is 1. The molecule has 2 heterocycles. The van der Waals surface area contributed by atoms with E-state index in [2.05, 4.69) is 15.1 Å². The van der Waals surface area contributed by atoms with Crippen LogP contribution < -0.4 is 5.73 Å². The van der Waals surface area contributed by atoms with Gasteiger partial charge in [0.25, 0.3) is 11.6 Å². The molecule has 4 rings (SSSR count). The Balaban J connectivity index is 0.00000210. The largest absolute Gasteiger partial charge is 0.334 e. The standard InChI is InChI=1S/C16H15N5O3S2.ClH/c1-9-8-25-15(18-9)26-12-4-3-10(7-11(12)21(22)23)13-19-14(20-24-13)16(17)5-2-6-16;/h3-4,7-8H,2,5-6,17H2,1H3;1H. The van der Waals surface area contributed by atoms with E-state index in [0.29, 0.717) is 16.3 Å². The maximum absolute atomic E-state index is 11.5. The summed E-state index contributed by atoms with van der Waals surface area (Å²) in [4.78, 5) is 20.3. The molecule has 0 amide bonds. The first-order chi connectivity index (χ1) is 12.4. The lowest BCUT2D eigenvalue weighted by molar-refractivity contribution is -0.387. The number of nitro groups is 1. The summed E-state index contributed by atoms with van der Waals surface area (Å²) >= 11 is 2.72. The maximum Gasteiger partial charge on any atom is 0.284 e. The normalized spacial score (nSPS) is 15.0. The zero-order chi connectivity index (χ0) is 18.3. The molecule has 1 saturated carbocycles. The summed E-state index contributed by atoms with van der Waals surface area (Å²) in [6.07, 6.45) is 2.66. The lowest BCUT2D eigenvalue weighted by Gasteiger charge is -2.34. The van der Waals surface area contributed by atoms with Crippen molar-refractivity contribution < 1.29 is 9.45 Å². The summed E-state index contributed by atoms with van der Waals surface area (Å²) in [6, 6.07) is 4.86.